The Morgan fingerprint density at radius 3 is 2.14 bits per heavy atom. The van der Waals surface area contributed by atoms with Crippen LogP contribution in [-0.4, -0.2) is 48.6 Å². The number of carbonyl (C=O) groups excluding carboxylic acids is 2. The first-order valence-electron chi connectivity index (χ1n) is 7.89. The monoisotopic (exact) mass is 298 g/mol. The molecule has 1 rings (SSSR count). The van der Waals surface area contributed by atoms with Gasteiger partial charge in [0.2, 0.25) is 11.8 Å². The molecule has 21 heavy (non-hydrogen) atoms. The van der Waals surface area contributed by atoms with Crippen LogP contribution in [0.2, 0.25) is 0 Å². The standard InChI is InChI=1S/C16H30N2O3/c1-10(2)7-13-16(20)18(9-12(5)21-6)14(8-11(3)4)15(19)17-13/h10-14H,7-9H2,1-6H3,(H,17,19). The number of hydrogen-bond donors (Lipinski definition) is 1. The molecule has 1 heterocycles. The lowest BCUT2D eigenvalue weighted by molar-refractivity contribution is -0.152. The number of hydrogen-bond acceptors (Lipinski definition) is 3. The van der Waals surface area contributed by atoms with Crippen LogP contribution in [-0.2, 0) is 14.3 Å². The first-order chi connectivity index (χ1) is 9.76. The number of piperazine rings is 1. The normalized spacial score (nSPS) is 24.7. The molecule has 3 unspecified atom stereocenters. The minimum atomic E-state index is -0.398. The maximum absolute atomic E-state index is 12.7. The third-order valence-corrected chi connectivity index (χ3v) is 3.83. The largest absolute Gasteiger partial charge is 0.380 e. The quantitative estimate of drug-likeness (QED) is 0.780. The summed E-state index contributed by atoms with van der Waals surface area (Å²) < 4.78 is 5.28. The molecule has 0 spiro atoms. The Balaban J connectivity index is 2.93. The molecule has 2 amide bonds. The lowest BCUT2D eigenvalue weighted by Crippen LogP contribution is -2.64. The minimum Gasteiger partial charge on any atom is -0.380 e. The molecule has 1 fully saturated rings. The lowest BCUT2D eigenvalue weighted by Gasteiger charge is -2.41. The van der Waals surface area contributed by atoms with Gasteiger partial charge in [0, 0.05) is 13.7 Å². The SMILES string of the molecule is COC(C)CN1C(=O)C(CC(C)C)NC(=O)C1CC(C)C. The van der Waals surface area contributed by atoms with Crippen LogP contribution in [0.1, 0.15) is 47.5 Å². The average molecular weight is 298 g/mol. The molecule has 0 radical (unpaired) electrons. The molecular formula is C16H30N2O3. The topological polar surface area (TPSA) is 58.6 Å². The van der Waals surface area contributed by atoms with Gasteiger partial charge in [-0.3, -0.25) is 9.59 Å². The molecule has 0 saturated carbocycles. The van der Waals surface area contributed by atoms with Crippen LogP contribution in [0, 0.1) is 11.8 Å². The van der Waals surface area contributed by atoms with Crippen molar-refractivity contribution in [1.29, 1.82) is 0 Å². The van der Waals surface area contributed by atoms with Crippen molar-refractivity contribution in [2.24, 2.45) is 11.8 Å². The van der Waals surface area contributed by atoms with Crippen molar-refractivity contribution in [3.8, 4) is 0 Å². The van der Waals surface area contributed by atoms with E-state index < -0.39 is 6.04 Å². The van der Waals surface area contributed by atoms with Crippen molar-refractivity contribution < 1.29 is 14.3 Å². The van der Waals surface area contributed by atoms with Crippen LogP contribution in [0.25, 0.3) is 0 Å². The predicted octanol–water partition coefficient (Wildman–Crippen LogP) is 1.81. The van der Waals surface area contributed by atoms with Gasteiger partial charge in [0.25, 0.3) is 0 Å². The number of methoxy groups -OCH3 is 1. The fourth-order valence-corrected chi connectivity index (χ4v) is 2.71. The highest BCUT2D eigenvalue weighted by Gasteiger charge is 2.41. The van der Waals surface area contributed by atoms with Gasteiger partial charge in [-0.2, -0.15) is 0 Å². The van der Waals surface area contributed by atoms with Gasteiger partial charge >= 0.3 is 0 Å². The molecule has 0 aromatic rings. The minimum absolute atomic E-state index is 0.0258. The molecule has 1 aliphatic heterocycles. The first kappa shape index (κ1) is 18.0. The van der Waals surface area contributed by atoms with Gasteiger partial charge in [-0.05, 0) is 31.6 Å². The van der Waals surface area contributed by atoms with E-state index in [9.17, 15) is 9.59 Å². The summed E-state index contributed by atoms with van der Waals surface area (Å²) in [6.07, 6.45) is 1.29. The summed E-state index contributed by atoms with van der Waals surface area (Å²) in [6.45, 7) is 10.6. The van der Waals surface area contributed by atoms with Crippen LogP contribution in [0.4, 0.5) is 0 Å². The van der Waals surface area contributed by atoms with E-state index in [1.165, 1.54) is 0 Å². The lowest BCUT2D eigenvalue weighted by atomic mass is 9.94. The Morgan fingerprint density at radius 2 is 1.67 bits per heavy atom. The zero-order chi connectivity index (χ0) is 16.2. The summed E-state index contributed by atoms with van der Waals surface area (Å²) in [6, 6.07) is -0.775. The second-order valence-electron chi connectivity index (χ2n) is 6.87. The number of nitrogens with zero attached hydrogens (tertiary/aromatic N) is 1. The molecule has 0 aromatic heterocycles. The van der Waals surface area contributed by atoms with Crippen LogP contribution in [0.5, 0.6) is 0 Å². The summed E-state index contributed by atoms with van der Waals surface area (Å²) in [4.78, 5) is 26.8. The van der Waals surface area contributed by atoms with Gasteiger partial charge in [-0.1, -0.05) is 27.7 Å². The fourth-order valence-electron chi connectivity index (χ4n) is 2.71. The molecule has 122 valence electrons. The number of ether oxygens (including phenoxy) is 1. The second kappa shape index (κ2) is 7.78. The molecule has 0 aliphatic carbocycles. The molecule has 0 bridgehead atoms. The van der Waals surface area contributed by atoms with Gasteiger partial charge in [-0.15, -0.1) is 0 Å². The zero-order valence-corrected chi connectivity index (χ0v) is 14.2. The Labute approximate surface area is 128 Å². The summed E-state index contributed by atoms with van der Waals surface area (Å²) >= 11 is 0. The van der Waals surface area contributed by atoms with Crippen LogP contribution >= 0.6 is 0 Å². The van der Waals surface area contributed by atoms with Gasteiger partial charge in [0.15, 0.2) is 0 Å². The average Bonchev–Trinajstić information content (AvgIpc) is 2.38. The van der Waals surface area contributed by atoms with Gasteiger partial charge < -0.3 is 15.0 Å². The molecule has 5 heteroatoms. The number of rotatable bonds is 7. The van der Waals surface area contributed by atoms with E-state index in [2.05, 4.69) is 33.0 Å². The maximum Gasteiger partial charge on any atom is 0.245 e. The van der Waals surface area contributed by atoms with E-state index in [-0.39, 0.29) is 24.0 Å². The maximum atomic E-state index is 12.7. The number of amides is 2. The van der Waals surface area contributed by atoms with Gasteiger partial charge in [-0.25, -0.2) is 0 Å². The summed E-state index contributed by atoms with van der Waals surface area (Å²) in [5, 5.41) is 2.90. The molecule has 0 aromatic carbocycles. The molecule has 5 nitrogen and oxygen atoms in total. The fraction of sp³-hybridized carbons (Fsp3) is 0.875. The van der Waals surface area contributed by atoms with E-state index in [1.807, 2.05) is 6.92 Å². The van der Waals surface area contributed by atoms with Crippen LogP contribution < -0.4 is 5.32 Å². The van der Waals surface area contributed by atoms with E-state index in [0.29, 0.717) is 31.2 Å². The first-order valence-corrected chi connectivity index (χ1v) is 7.89. The summed E-state index contributed by atoms with van der Waals surface area (Å²) in [5.74, 6) is 0.716. The van der Waals surface area contributed by atoms with E-state index >= 15 is 0 Å². The predicted molar refractivity (Wildman–Crippen MR) is 82.8 cm³/mol. The van der Waals surface area contributed by atoms with E-state index in [4.69, 9.17) is 4.74 Å². The van der Waals surface area contributed by atoms with E-state index in [1.54, 1.807) is 12.0 Å². The summed E-state index contributed by atoms with van der Waals surface area (Å²) in [5.41, 5.74) is 0. The number of carbonyl (C=O) groups is 2. The van der Waals surface area contributed by atoms with Crippen molar-refractivity contribution in [2.45, 2.75) is 65.6 Å². The Morgan fingerprint density at radius 1 is 1.10 bits per heavy atom. The Hall–Kier alpha value is -1.10. The highest BCUT2D eigenvalue weighted by molar-refractivity contribution is 5.97. The molecular weight excluding hydrogens is 268 g/mol. The highest BCUT2D eigenvalue weighted by Crippen LogP contribution is 2.21. The number of nitrogens with one attached hydrogen (secondary N) is 1. The zero-order valence-electron chi connectivity index (χ0n) is 14.2. The van der Waals surface area contributed by atoms with Crippen molar-refractivity contribution in [2.75, 3.05) is 13.7 Å². The van der Waals surface area contributed by atoms with E-state index in [0.717, 1.165) is 0 Å². The Bertz CT molecular complexity index is 369. The highest BCUT2D eigenvalue weighted by atomic mass is 16.5. The van der Waals surface area contributed by atoms with Crippen LogP contribution in [0.15, 0.2) is 0 Å². The molecule has 1 N–H and O–H groups in total. The van der Waals surface area contributed by atoms with Crippen LogP contribution in [0.3, 0.4) is 0 Å². The van der Waals surface area contributed by atoms with Gasteiger partial charge in [0.1, 0.15) is 12.1 Å². The second-order valence-corrected chi connectivity index (χ2v) is 6.87. The smallest absolute Gasteiger partial charge is 0.245 e. The van der Waals surface area contributed by atoms with Crippen molar-refractivity contribution >= 4 is 11.8 Å². The third-order valence-electron chi connectivity index (χ3n) is 3.83. The van der Waals surface area contributed by atoms with Crippen molar-refractivity contribution in [1.82, 2.24) is 10.2 Å². The Kier molecular flexibility index (Phi) is 6.65. The van der Waals surface area contributed by atoms with Crippen molar-refractivity contribution in [3.05, 3.63) is 0 Å². The molecule has 3 atom stereocenters. The third kappa shape index (κ3) is 4.99. The molecule has 1 aliphatic rings. The summed E-state index contributed by atoms with van der Waals surface area (Å²) in [7, 11) is 1.63. The molecule has 1 saturated heterocycles. The van der Waals surface area contributed by atoms with Crippen molar-refractivity contribution in [3.63, 3.8) is 0 Å². The van der Waals surface area contributed by atoms with Gasteiger partial charge in [0.05, 0.1) is 6.10 Å².